The summed E-state index contributed by atoms with van der Waals surface area (Å²) in [4.78, 5) is 5.51. The van der Waals surface area contributed by atoms with E-state index in [0.717, 1.165) is 45.5 Å². The third kappa shape index (κ3) is 4.59. The van der Waals surface area contributed by atoms with E-state index in [0.29, 0.717) is 6.54 Å². The van der Waals surface area contributed by atoms with Crippen LogP contribution in [0.2, 0.25) is 0 Å². The van der Waals surface area contributed by atoms with E-state index in [2.05, 4.69) is 10.3 Å². The molecule has 0 bridgehead atoms. The first-order valence-corrected chi connectivity index (χ1v) is 9.13. The van der Waals surface area contributed by atoms with Crippen molar-refractivity contribution < 1.29 is 13.9 Å². The molecule has 6 heteroatoms. The Morgan fingerprint density at radius 2 is 2.00 bits per heavy atom. The van der Waals surface area contributed by atoms with Gasteiger partial charge in [-0.3, -0.25) is 0 Å². The summed E-state index contributed by atoms with van der Waals surface area (Å²) in [5.74, 6) is 1.38. The van der Waals surface area contributed by atoms with Gasteiger partial charge in [-0.05, 0) is 48.9 Å². The van der Waals surface area contributed by atoms with Crippen LogP contribution in [-0.2, 0) is 13.0 Å². The topological polar surface area (TPSA) is 43.4 Å². The van der Waals surface area contributed by atoms with Crippen molar-refractivity contribution in [3.05, 3.63) is 65.0 Å². The van der Waals surface area contributed by atoms with Gasteiger partial charge in [-0.25, -0.2) is 9.37 Å². The molecule has 1 aromatic heterocycles. The second-order valence-corrected chi connectivity index (χ2v) is 6.86. The van der Waals surface area contributed by atoms with Crippen LogP contribution >= 0.6 is 11.3 Å². The number of rotatable bonds is 8. The lowest BCUT2D eigenvalue weighted by Crippen LogP contribution is -2.16. The lowest BCUT2D eigenvalue weighted by molar-refractivity contribution is 0.404. The molecule has 0 saturated carbocycles. The number of halogens is 1. The molecule has 26 heavy (non-hydrogen) atoms. The first kappa shape index (κ1) is 18.4. The number of nitrogens with zero attached hydrogens (tertiary/aromatic N) is 1. The molecule has 0 aliphatic heterocycles. The van der Waals surface area contributed by atoms with Gasteiger partial charge in [0, 0.05) is 18.3 Å². The molecule has 0 aliphatic rings. The summed E-state index contributed by atoms with van der Waals surface area (Å²) < 4.78 is 23.9. The van der Waals surface area contributed by atoms with E-state index in [4.69, 9.17) is 9.47 Å². The van der Waals surface area contributed by atoms with Crippen LogP contribution in [0.4, 0.5) is 4.39 Å². The lowest BCUT2D eigenvalue weighted by atomic mass is 10.1. The van der Waals surface area contributed by atoms with Crippen LogP contribution in [0.1, 0.15) is 10.6 Å². The quantitative estimate of drug-likeness (QED) is 0.599. The van der Waals surface area contributed by atoms with Gasteiger partial charge in [0.2, 0.25) is 0 Å². The third-order valence-corrected chi connectivity index (χ3v) is 5.01. The van der Waals surface area contributed by atoms with Crippen molar-refractivity contribution in [2.75, 3.05) is 20.8 Å². The molecule has 0 saturated heterocycles. The van der Waals surface area contributed by atoms with Crippen LogP contribution in [-0.4, -0.2) is 25.7 Å². The zero-order valence-corrected chi connectivity index (χ0v) is 15.6. The highest BCUT2D eigenvalue weighted by Crippen LogP contribution is 2.36. The van der Waals surface area contributed by atoms with E-state index in [1.54, 1.807) is 37.7 Å². The normalized spacial score (nSPS) is 10.7. The smallest absolute Gasteiger partial charge is 0.127 e. The second kappa shape index (κ2) is 8.78. The fourth-order valence-corrected chi connectivity index (χ4v) is 3.55. The first-order chi connectivity index (χ1) is 12.7. The summed E-state index contributed by atoms with van der Waals surface area (Å²) in [6.07, 6.45) is 2.63. The number of aromatic nitrogens is 1. The van der Waals surface area contributed by atoms with Gasteiger partial charge < -0.3 is 14.8 Å². The molecule has 0 atom stereocenters. The van der Waals surface area contributed by atoms with Crippen LogP contribution in [0.3, 0.4) is 0 Å². The van der Waals surface area contributed by atoms with Gasteiger partial charge in [0.05, 0.1) is 19.1 Å². The van der Waals surface area contributed by atoms with Crippen molar-refractivity contribution in [1.82, 2.24) is 10.3 Å². The number of hydrogen-bond donors (Lipinski definition) is 1. The van der Waals surface area contributed by atoms with E-state index in [1.807, 2.05) is 30.5 Å². The Kier molecular flexibility index (Phi) is 6.20. The predicted molar refractivity (Wildman–Crippen MR) is 102 cm³/mol. The Bertz CT molecular complexity index is 867. The highest BCUT2D eigenvalue weighted by atomic mass is 32.1. The standard InChI is InChI=1S/C20H21FN2O2S/c1-24-16-6-7-18(25-2)17(11-16)19-12-23-20(26-19)13-22-9-8-14-4-3-5-15(21)10-14/h3-7,10-12,22H,8-9,13H2,1-2H3. The highest BCUT2D eigenvalue weighted by molar-refractivity contribution is 7.15. The largest absolute Gasteiger partial charge is 0.497 e. The summed E-state index contributed by atoms with van der Waals surface area (Å²) in [7, 11) is 3.30. The van der Waals surface area contributed by atoms with Crippen molar-refractivity contribution in [3.63, 3.8) is 0 Å². The first-order valence-electron chi connectivity index (χ1n) is 8.32. The van der Waals surface area contributed by atoms with E-state index in [9.17, 15) is 4.39 Å². The van der Waals surface area contributed by atoms with Crippen LogP contribution in [0.5, 0.6) is 11.5 Å². The van der Waals surface area contributed by atoms with Gasteiger partial charge in [0.15, 0.2) is 0 Å². The molecule has 3 aromatic rings. The zero-order chi connectivity index (χ0) is 18.4. The maximum atomic E-state index is 13.2. The molecule has 1 N–H and O–H groups in total. The lowest BCUT2D eigenvalue weighted by Gasteiger charge is -2.08. The number of nitrogens with one attached hydrogen (secondary N) is 1. The molecule has 0 fully saturated rings. The van der Waals surface area contributed by atoms with Gasteiger partial charge in [-0.15, -0.1) is 11.3 Å². The fraction of sp³-hybridized carbons (Fsp3) is 0.250. The average Bonchev–Trinajstić information content (AvgIpc) is 3.13. The SMILES string of the molecule is COc1ccc(OC)c(-c2cnc(CNCCc3cccc(F)c3)s2)c1. The number of ether oxygens (including phenoxy) is 2. The monoisotopic (exact) mass is 372 g/mol. The molecular weight excluding hydrogens is 351 g/mol. The van der Waals surface area contributed by atoms with Crippen LogP contribution in [0, 0.1) is 5.82 Å². The number of benzene rings is 2. The van der Waals surface area contributed by atoms with Crippen LogP contribution < -0.4 is 14.8 Å². The molecule has 1 heterocycles. The van der Waals surface area contributed by atoms with E-state index < -0.39 is 0 Å². The minimum Gasteiger partial charge on any atom is -0.497 e. The number of methoxy groups -OCH3 is 2. The van der Waals surface area contributed by atoms with E-state index >= 15 is 0 Å². The Labute approximate surface area is 156 Å². The molecule has 0 amide bonds. The molecule has 0 unspecified atom stereocenters. The van der Waals surface area contributed by atoms with Crippen molar-refractivity contribution in [3.8, 4) is 21.9 Å². The molecule has 3 rings (SSSR count). The Hall–Kier alpha value is -2.44. The van der Waals surface area contributed by atoms with E-state index in [1.165, 1.54) is 6.07 Å². The fourth-order valence-electron chi connectivity index (χ4n) is 2.64. The average molecular weight is 372 g/mol. The predicted octanol–water partition coefficient (Wildman–Crippen LogP) is 4.30. The summed E-state index contributed by atoms with van der Waals surface area (Å²) >= 11 is 1.61. The highest BCUT2D eigenvalue weighted by Gasteiger charge is 2.11. The molecule has 2 aromatic carbocycles. The summed E-state index contributed by atoms with van der Waals surface area (Å²) in [5, 5.41) is 4.35. The molecule has 4 nitrogen and oxygen atoms in total. The molecule has 0 aliphatic carbocycles. The Morgan fingerprint density at radius 1 is 1.12 bits per heavy atom. The summed E-state index contributed by atoms with van der Waals surface area (Å²) in [5.41, 5.74) is 1.95. The maximum absolute atomic E-state index is 13.2. The van der Waals surface area contributed by atoms with Crippen molar-refractivity contribution >= 4 is 11.3 Å². The van der Waals surface area contributed by atoms with E-state index in [-0.39, 0.29) is 5.82 Å². The number of hydrogen-bond acceptors (Lipinski definition) is 5. The van der Waals surface area contributed by atoms with Crippen LogP contribution in [0.25, 0.3) is 10.4 Å². The molecule has 136 valence electrons. The van der Waals surface area contributed by atoms with Crippen molar-refractivity contribution in [2.45, 2.75) is 13.0 Å². The zero-order valence-electron chi connectivity index (χ0n) is 14.8. The van der Waals surface area contributed by atoms with Crippen molar-refractivity contribution in [1.29, 1.82) is 0 Å². The summed E-state index contributed by atoms with van der Waals surface area (Å²) in [6, 6.07) is 12.4. The minimum atomic E-state index is -0.195. The van der Waals surface area contributed by atoms with Gasteiger partial charge in [-0.1, -0.05) is 12.1 Å². The third-order valence-electron chi connectivity index (χ3n) is 3.98. The van der Waals surface area contributed by atoms with Crippen LogP contribution in [0.15, 0.2) is 48.7 Å². The van der Waals surface area contributed by atoms with Gasteiger partial charge in [0.1, 0.15) is 22.3 Å². The minimum absolute atomic E-state index is 0.195. The number of thiazole rings is 1. The molecular formula is C20H21FN2O2S. The Balaban J connectivity index is 1.60. The molecule has 0 radical (unpaired) electrons. The summed E-state index contributed by atoms with van der Waals surface area (Å²) in [6.45, 7) is 1.44. The second-order valence-electron chi connectivity index (χ2n) is 5.74. The van der Waals surface area contributed by atoms with Gasteiger partial charge in [-0.2, -0.15) is 0 Å². The molecule has 0 spiro atoms. The maximum Gasteiger partial charge on any atom is 0.127 e. The van der Waals surface area contributed by atoms with Gasteiger partial charge in [0.25, 0.3) is 0 Å². The Morgan fingerprint density at radius 3 is 2.77 bits per heavy atom. The van der Waals surface area contributed by atoms with Crippen molar-refractivity contribution in [2.24, 2.45) is 0 Å². The van der Waals surface area contributed by atoms with Gasteiger partial charge >= 0.3 is 0 Å².